The third-order valence-corrected chi connectivity index (χ3v) is 4.04. The lowest BCUT2D eigenvalue weighted by Crippen LogP contribution is -2.51. The molecule has 5 nitrogen and oxygen atoms in total. The number of anilines is 1. The van der Waals surface area contributed by atoms with Crippen LogP contribution in [0.3, 0.4) is 0 Å². The Hall–Kier alpha value is -2.22. The summed E-state index contributed by atoms with van der Waals surface area (Å²) >= 11 is 0. The van der Waals surface area contributed by atoms with Crippen LogP contribution in [0.2, 0.25) is 0 Å². The molecular formula is C16H21N3O2. The van der Waals surface area contributed by atoms with Gasteiger partial charge in [0.25, 0.3) is 0 Å². The molecule has 0 bridgehead atoms. The normalized spacial score (nSPS) is 24.7. The molecule has 1 aromatic rings. The first-order chi connectivity index (χ1) is 10.1. The van der Waals surface area contributed by atoms with Crippen molar-refractivity contribution in [1.82, 2.24) is 5.32 Å². The Balaban J connectivity index is 1.95. The number of nitrogens with zero attached hydrogens (tertiary/aromatic N) is 1. The van der Waals surface area contributed by atoms with Crippen LogP contribution >= 0.6 is 0 Å². The molecule has 112 valence electrons. The van der Waals surface area contributed by atoms with Crippen LogP contribution in [0.15, 0.2) is 24.3 Å². The van der Waals surface area contributed by atoms with Gasteiger partial charge in [-0.25, -0.2) is 4.79 Å². The molecule has 1 fully saturated rings. The number of hydrogen-bond donors (Lipinski definition) is 2. The smallest absolute Gasteiger partial charge is 0.320 e. The van der Waals surface area contributed by atoms with Gasteiger partial charge in [-0.2, -0.15) is 5.26 Å². The molecule has 2 N–H and O–H groups in total. The highest BCUT2D eigenvalue weighted by Crippen LogP contribution is 2.31. The van der Waals surface area contributed by atoms with Crippen LogP contribution in [0.1, 0.15) is 32.6 Å². The number of urea groups is 1. The van der Waals surface area contributed by atoms with Crippen LogP contribution < -0.4 is 15.4 Å². The summed E-state index contributed by atoms with van der Waals surface area (Å²) in [7, 11) is 1.59. The van der Waals surface area contributed by atoms with E-state index in [4.69, 9.17) is 4.74 Å². The molecule has 0 saturated heterocycles. The van der Waals surface area contributed by atoms with E-state index in [2.05, 4.69) is 23.6 Å². The van der Waals surface area contributed by atoms with Gasteiger partial charge in [0.15, 0.2) is 0 Å². The van der Waals surface area contributed by atoms with Gasteiger partial charge in [0.05, 0.1) is 13.2 Å². The Morgan fingerprint density at radius 2 is 1.95 bits per heavy atom. The molecule has 0 atom stereocenters. The Kier molecular flexibility index (Phi) is 4.69. The van der Waals surface area contributed by atoms with Gasteiger partial charge in [-0.05, 0) is 55.9 Å². The van der Waals surface area contributed by atoms with E-state index in [1.807, 2.05) is 0 Å². The van der Waals surface area contributed by atoms with Crippen molar-refractivity contribution in [1.29, 1.82) is 5.26 Å². The van der Waals surface area contributed by atoms with Crippen LogP contribution in [0.5, 0.6) is 5.75 Å². The van der Waals surface area contributed by atoms with Gasteiger partial charge in [0.2, 0.25) is 0 Å². The lowest BCUT2D eigenvalue weighted by Gasteiger charge is -2.34. The van der Waals surface area contributed by atoms with E-state index >= 15 is 0 Å². The molecule has 1 aliphatic carbocycles. The number of carbonyl (C=O) groups is 1. The number of nitriles is 1. The van der Waals surface area contributed by atoms with E-state index in [1.165, 1.54) is 0 Å². The predicted octanol–water partition coefficient (Wildman–Crippen LogP) is 3.29. The van der Waals surface area contributed by atoms with Crippen molar-refractivity contribution >= 4 is 11.7 Å². The lowest BCUT2D eigenvalue weighted by atomic mass is 9.78. The minimum atomic E-state index is -0.733. The first kappa shape index (κ1) is 15.2. The van der Waals surface area contributed by atoms with Crippen LogP contribution in [0.25, 0.3) is 0 Å². The summed E-state index contributed by atoms with van der Waals surface area (Å²) in [5.41, 5.74) is -0.0613. The number of nitrogens with one attached hydrogen (secondary N) is 2. The first-order valence-electron chi connectivity index (χ1n) is 7.21. The highest BCUT2D eigenvalue weighted by atomic mass is 16.5. The lowest BCUT2D eigenvalue weighted by molar-refractivity contribution is 0.222. The maximum Gasteiger partial charge on any atom is 0.320 e. The SMILES string of the molecule is COc1ccc(NC(=O)NC2(C#N)CCC(C)CC2)cc1. The van der Waals surface area contributed by atoms with E-state index in [-0.39, 0.29) is 6.03 Å². The summed E-state index contributed by atoms with van der Waals surface area (Å²) < 4.78 is 5.07. The van der Waals surface area contributed by atoms with Gasteiger partial charge in [-0.15, -0.1) is 0 Å². The van der Waals surface area contributed by atoms with E-state index in [1.54, 1.807) is 31.4 Å². The van der Waals surface area contributed by atoms with E-state index in [9.17, 15) is 10.1 Å². The van der Waals surface area contributed by atoms with Crippen molar-refractivity contribution in [2.75, 3.05) is 12.4 Å². The molecule has 2 amide bonds. The molecule has 5 heteroatoms. The Bertz CT molecular complexity index is 525. The molecule has 2 rings (SSSR count). The molecule has 0 aliphatic heterocycles. The summed E-state index contributed by atoms with van der Waals surface area (Å²) in [6.45, 7) is 2.18. The summed E-state index contributed by atoms with van der Waals surface area (Å²) in [5.74, 6) is 1.36. The van der Waals surface area contributed by atoms with Gasteiger partial charge >= 0.3 is 6.03 Å². The van der Waals surface area contributed by atoms with Gasteiger partial charge in [-0.3, -0.25) is 0 Å². The molecule has 0 aromatic heterocycles. The number of rotatable bonds is 3. The standard InChI is InChI=1S/C16H21N3O2/c1-12-7-9-16(11-17,10-8-12)19-15(20)18-13-3-5-14(21-2)6-4-13/h3-6,12H,7-10H2,1-2H3,(H2,18,19,20). The second-order valence-electron chi connectivity index (χ2n) is 5.68. The fraction of sp³-hybridized carbons (Fsp3) is 0.500. The summed E-state index contributed by atoms with van der Waals surface area (Å²) in [4.78, 5) is 12.1. The molecule has 1 aliphatic rings. The maximum atomic E-state index is 12.1. The van der Waals surface area contributed by atoms with Crippen LogP contribution in [0.4, 0.5) is 10.5 Å². The summed E-state index contributed by atoms with van der Waals surface area (Å²) in [5, 5.41) is 15.0. The number of benzene rings is 1. The topological polar surface area (TPSA) is 74.2 Å². The number of methoxy groups -OCH3 is 1. The maximum absolute atomic E-state index is 12.1. The minimum Gasteiger partial charge on any atom is -0.497 e. The first-order valence-corrected chi connectivity index (χ1v) is 7.21. The average Bonchev–Trinajstić information content (AvgIpc) is 2.50. The molecular weight excluding hydrogens is 266 g/mol. The van der Waals surface area contributed by atoms with E-state index in [0.29, 0.717) is 24.4 Å². The van der Waals surface area contributed by atoms with E-state index < -0.39 is 5.54 Å². The zero-order chi connectivity index (χ0) is 15.3. The molecule has 0 unspecified atom stereocenters. The second kappa shape index (κ2) is 6.49. The highest BCUT2D eigenvalue weighted by Gasteiger charge is 2.35. The summed E-state index contributed by atoms with van der Waals surface area (Å²) in [6.07, 6.45) is 3.36. The third-order valence-electron chi connectivity index (χ3n) is 4.04. The van der Waals surface area contributed by atoms with Gasteiger partial charge in [0.1, 0.15) is 11.3 Å². The molecule has 1 aromatic carbocycles. The molecule has 0 spiro atoms. The molecule has 21 heavy (non-hydrogen) atoms. The number of carbonyl (C=O) groups excluding carboxylic acids is 1. The van der Waals surface area contributed by atoms with Crippen LogP contribution in [-0.4, -0.2) is 18.7 Å². The monoisotopic (exact) mass is 287 g/mol. The van der Waals surface area contributed by atoms with Crippen molar-refractivity contribution in [3.8, 4) is 11.8 Å². The van der Waals surface area contributed by atoms with Crippen molar-refractivity contribution < 1.29 is 9.53 Å². The van der Waals surface area contributed by atoms with Crippen LogP contribution in [0, 0.1) is 17.2 Å². The van der Waals surface area contributed by atoms with Gasteiger partial charge in [0, 0.05) is 5.69 Å². The highest BCUT2D eigenvalue weighted by molar-refractivity contribution is 5.90. The molecule has 0 radical (unpaired) electrons. The van der Waals surface area contributed by atoms with Crippen molar-refractivity contribution in [2.45, 2.75) is 38.1 Å². The number of ether oxygens (including phenoxy) is 1. The zero-order valence-electron chi connectivity index (χ0n) is 12.5. The Morgan fingerprint density at radius 1 is 1.33 bits per heavy atom. The minimum absolute atomic E-state index is 0.337. The van der Waals surface area contributed by atoms with Crippen molar-refractivity contribution in [3.63, 3.8) is 0 Å². The summed E-state index contributed by atoms with van der Waals surface area (Å²) in [6, 6.07) is 9.02. The molecule has 0 heterocycles. The third kappa shape index (κ3) is 3.88. The predicted molar refractivity (Wildman–Crippen MR) is 81.1 cm³/mol. The quantitative estimate of drug-likeness (QED) is 0.895. The second-order valence-corrected chi connectivity index (χ2v) is 5.68. The fourth-order valence-electron chi connectivity index (χ4n) is 2.57. The van der Waals surface area contributed by atoms with Crippen LogP contribution in [-0.2, 0) is 0 Å². The van der Waals surface area contributed by atoms with Crippen molar-refractivity contribution in [2.24, 2.45) is 5.92 Å². The Labute approximate surface area is 125 Å². The Morgan fingerprint density at radius 3 is 2.48 bits per heavy atom. The van der Waals surface area contributed by atoms with Crippen molar-refractivity contribution in [3.05, 3.63) is 24.3 Å². The van der Waals surface area contributed by atoms with Gasteiger partial charge in [-0.1, -0.05) is 6.92 Å². The number of hydrogen-bond acceptors (Lipinski definition) is 3. The largest absolute Gasteiger partial charge is 0.497 e. The fourth-order valence-corrected chi connectivity index (χ4v) is 2.57. The zero-order valence-corrected chi connectivity index (χ0v) is 12.5. The molecule has 1 saturated carbocycles. The van der Waals surface area contributed by atoms with Gasteiger partial charge < -0.3 is 15.4 Å². The average molecular weight is 287 g/mol. The van der Waals surface area contributed by atoms with E-state index in [0.717, 1.165) is 18.6 Å². The number of amides is 2.